The molecule has 24 heavy (non-hydrogen) atoms. The zero-order chi connectivity index (χ0) is 17.0. The fourth-order valence-corrected chi connectivity index (χ4v) is 2.96. The molecule has 0 aliphatic heterocycles. The molecule has 3 N–H and O–H groups in total. The number of ether oxygens (including phenoxy) is 2. The third-order valence-electron chi connectivity index (χ3n) is 4.35. The molecule has 1 aliphatic carbocycles. The number of nitrogens with two attached hydrogens (primary N) is 1. The van der Waals surface area contributed by atoms with Crippen LogP contribution in [0, 0.1) is 0 Å². The summed E-state index contributed by atoms with van der Waals surface area (Å²) in [5.41, 5.74) is 6.46. The number of methoxy groups -OCH3 is 1. The van der Waals surface area contributed by atoms with Crippen molar-refractivity contribution in [2.24, 2.45) is 5.73 Å². The van der Waals surface area contributed by atoms with Crippen LogP contribution in [0.1, 0.15) is 58.1 Å². The van der Waals surface area contributed by atoms with Gasteiger partial charge in [-0.25, -0.2) is 0 Å². The predicted molar refractivity (Wildman–Crippen MR) is 98.0 cm³/mol. The Morgan fingerprint density at radius 1 is 1.21 bits per heavy atom. The summed E-state index contributed by atoms with van der Waals surface area (Å²) in [7, 11) is 1.61. The van der Waals surface area contributed by atoms with Crippen LogP contribution in [0.25, 0.3) is 0 Å². The normalized spacial score (nSPS) is 17.1. The van der Waals surface area contributed by atoms with Gasteiger partial charge in [-0.2, -0.15) is 0 Å². The zero-order valence-electron chi connectivity index (χ0n) is 14.9. The first-order valence-corrected chi connectivity index (χ1v) is 8.30. The minimum absolute atomic E-state index is 0. The molecule has 1 unspecified atom stereocenters. The number of carbonyl (C=O) groups excluding carboxylic acids is 1. The van der Waals surface area contributed by atoms with E-state index in [1.807, 2.05) is 39.0 Å². The van der Waals surface area contributed by atoms with Crippen LogP contribution in [-0.2, 0) is 4.79 Å². The van der Waals surface area contributed by atoms with Gasteiger partial charge in [0.1, 0.15) is 0 Å². The number of benzene rings is 1. The molecule has 136 valence electrons. The Bertz CT molecular complexity index is 557. The Labute approximate surface area is 150 Å². The Hall–Kier alpha value is -1.46. The number of nitrogens with one attached hydrogen (secondary N) is 1. The van der Waals surface area contributed by atoms with E-state index in [4.69, 9.17) is 15.2 Å². The molecule has 0 heterocycles. The maximum atomic E-state index is 12.4. The summed E-state index contributed by atoms with van der Waals surface area (Å²) in [6, 6.07) is 5.60. The SMILES string of the molecule is COc1cc(C(C)NC(=O)C2(N)CCCC2)ccc1OC(C)C.Cl. The second-order valence-corrected chi connectivity index (χ2v) is 6.64. The van der Waals surface area contributed by atoms with Crippen molar-refractivity contribution >= 4 is 18.3 Å². The highest BCUT2D eigenvalue weighted by Gasteiger charge is 2.37. The lowest BCUT2D eigenvalue weighted by Crippen LogP contribution is -2.52. The smallest absolute Gasteiger partial charge is 0.240 e. The Balaban J connectivity index is 0.00000288. The van der Waals surface area contributed by atoms with Gasteiger partial charge in [0, 0.05) is 0 Å². The summed E-state index contributed by atoms with van der Waals surface area (Å²) in [5, 5.41) is 3.03. The Morgan fingerprint density at radius 2 is 1.83 bits per heavy atom. The molecule has 2 rings (SSSR count). The minimum atomic E-state index is -0.709. The number of hydrogen-bond acceptors (Lipinski definition) is 4. The van der Waals surface area contributed by atoms with E-state index >= 15 is 0 Å². The van der Waals surface area contributed by atoms with Gasteiger partial charge in [0.15, 0.2) is 11.5 Å². The van der Waals surface area contributed by atoms with Gasteiger partial charge >= 0.3 is 0 Å². The van der Waals surface area contributed by atoms with Crippen LogP contribution >= 0.6 is 12.4 Å². The summed E-state index contributed by atoms with van der Waals surface area (Å²) in [6.45, 7) is 5.89. The predicted octanol–water partition coefficient (Wildman–Crippen LogP) is 3.35. The van der Waals surface area contributed by atoms with Crippen molar-refractivity contribution < 1.29 is 14.3 Å². The molecule has 1 aliphatic rings. The van der Waals surface area contributed by atoms with Crippen LogP contribution in [0.2, 0.25) is 0 Å². The molecule has 1 amide bonds. The standard InChI is InChI=1S/C18H28N2O3.ClH/c1-12(2)23-15-8-7-14(11-16(15)22-4)13(3)20-17(21)18(19)9-5-6-10-18;/h7-8,11-13H,5-6,9-10,19H2,1-4H3,(H,20,21);1H. The fourth-order valence-electron chi connectivity index (χ4n) is 2.96. The number of amides is 1. The van der Waals surface area contributed by atoms with Gasteiger partial charge in [0.2, 0.25) is 5.91 Å². The van der Waals surface area contributed by atoms with E-state index in [9.17, 15) is 4.79 Å². The first kappa shape index (κ1) is 20.6. The molecule has 0 saturated heterocycles. The monoisotopic (exact) mass is 356 g/mol. The highest BCUT2D eigenvalue weighted by Crippen LogP contribution is 2.32. The van der Waals surface area contributed by atoms with E-state index in [2.05, 4.69) is 5.32 Å². The third kappa shape index (κ3) is 4.77. The van der Waals surface area contributed by atoms with Crippen molar-refractivity contribution in [3.63, 3.8) is 0 Å². The lowest BCUT2D eigenvalue weighted by molar-refractivity contribution is -0.126. The minimum Gasteiger partial charge on any atom is -0.493 e. The van der Waals surface area contributed by atoms with Crippen LogP contribution in [0.3, 0.4) is 0 Å². The van der Waals surface area contributed by atoms with Crippen molar-refractivity contribution in [3.05, 3.63) is 23.8 Å². The molecule has 1 fully saturated rings. The van der Waals surface area contributed by atoms with E-state index in [0.717, 1.165) is 31.2 Å². The van der Waals surface area contributed by atoms with Gasteiger partial charge < -0.3 is 20.5 Å². The van der Waals surface area contributed by atoms with Crippen LogP contribution in [0.5, 0.6) is 11.5 Å². The second-order valence-electron chi connectivity index (χ2n) is 6.64. The Kier molecular flexibility index (Phi) is 7.36. The molecule has 0 radical (unpaired) electrons. The summed E-state index contributed by atoms with van der Waals surface area (Å²) in [5.74, 6) is 1.31. The van der Waals surface area contributed by atoms with Crippen molar-refractivity contribution in [1.82, 2.24) is 5.32 Å². The van der Waals surface area contributed by atoms with Gasteiger partial charge in [-0.05, 0) is 51.3 Å². The summed E-state index contributed by atoms with van der Waals surface area (Å²) >= 11 is 0. The molecule has 1 aromatic carbocycles. The third-order valence-corrected chi connectivity index (χ3v) is 4.35. The van der Waals surface area contributed by atoms with Gasteiger partial charge in [-0.15, -0.1) is 12.4 Å². The first-order valence-electron chi connectivity index (χ1n) is 8.30. The number of carbonyl (C=O) groups is 1. The van der Waals surface area contributed by atoms with E-state index < -0.39 is 5.54 Å². The summed E-state index contributed by atoms with van der Waals surface area (Å²) in [4.78, 5) is 12.4. The number of rotatable bonds is 6. The van der Waals surface area contributed by atoms with Gasteiger partial charge in [0.25, 0.3) is 0 Å². The molecule has 0 bridgehead atoms. The van der Waals surface area contributed by atoms with Crippen LogP contribution < -0.4 is 20.5 Å². The van der Waals surface area contributed by atoms with E-state index in [1.54, 1.807) is 7.11 Å². The molecule has 5 nitrogen and oxygen atoms in total. The van der Waals surface area contributed by atoms with Crippen molar-refractivity contribution in [2.75, 3.05) is 7.11 Å². The number of hydrogen-bond donors (Lipinski definition) is 2. The van der Waals surface area contributed by atoms with E-state index in [0.29, 0.717) is 11.5 Å². The first-order chi connectivity index (χ1) is 10.9. The topological polar surface area (TPSA) is 73.6 Å². The van der Waals surface area contributed by atoms with Gasteiger partial charge in [0.05, 0.1) is 24.8 Å². The molecule has 0 aromatic heterocycles. The fraction of sp³-hybridized carbons (Fsp3) is 0.611. The molecular weight excluding hydrogens is 328 g/mol. The van der Waals surface area contributed by atoms with E-state index in [1.165, 1.54) is 0 Å². The maximum absolute atomic E-state index is 12.4. The zero-order valence-corrected chi connectivity index (χ0v) is 15.7. The van der Waals surface area contributed by atoms with Crippen LogP contribution in [-0.4, -0.2) is 24.7 Å². The van der Waals surface area contributed by atoms with Crippen LogP contribution in [0.15, 0.2) is 18.2 Å². The van der Waals surface area contributed by atoms with Crippen molar-refractivity contribution in [1.29, 1.82) is 0 Å². The number of halogens is 1. The molecule has 6 heteroatoms. The molecule has 0 spiro atoms. The highest BCUT2D eigenvalue weighted by molar-refractivity contribution is 5.86. The van der Waals surface area contributed by atoms with Crippen molar-refractivity contribution in [2.45, 2.75) is 64.1 Å². The lowest BCUT2D eigenvalue weighted by atomic mass is 9.97. The molecular formula is C18H29ClN2O3. The molecule has 1 atom stereocenters. The Morgan fingerprint density at radius 3 is 2.38 bits per heavy atom. The van der Waals surface area contributed by atoms with Crippen LogP contribution in [0.4, 0.5) is 0 Å². The summed E-state index contributed by atoms with van der Waals surface area (Å²) in [6.07, 6.45) is 3.64. The van der Waals surface area contributed by atoms with Gasteiger partial charge in [-0.3, -0.25) is 4.79 Å². The second kappa shape index (κ2) is 8.58. The maximum Gasteiger partial charge on any atom is 0.240 e. The quantitative estimate of drug-likeness (QED) is 0.819. The van der Waals surface area contributed by atoms with E-state index in [-0.39, 0.29) is 30.5 Å². The van der Waals surface area contributed by atoms with Crippen molar-refractivity contribution in [3.8, 4) is 11.5 Å². The summed E-state index contributed by atoms with van der Waals surface area (Å²) < 4.78 is 11.1. The van der Waals surface area contributed by atoms with Gasteiger partial charge in [-0.1, -0.05) is 18.9 Å². The largest absolute Gasteiger partial charge is 0.493 e. The average Bonchev–Trinajstić information content (AvgIpc) is 2.95. The highest BCUT2D eigenvalue weighted by atomic mass is 35.5. The average molecular weight is 357 g/mol. The molecule has 1 aromatic rings. The molecule has 1 saturated carbocycles. The lowest BCUT2D eigenvalue weighted by Gasteiger charge is -2.25.